The number of hydrogen-bond donors (Lipinski definition) is 2. The first-order valence-corrected chi connectivity index (χ1v) is 10.2. The Balaban J connectivity index is 0. The zero-order valence-corrected chi connectivity index (χ0v) is 21.6. The van der Waals surface area contributed by atoms with Gasteiger partial charge in [0, 0.05) is 24.8 Å². The molecule has 0 heterocycles. The molecule has 0 aromatic heterocycles. The molecule has 0 bridgehead atoms. The summed E-state index contributed by atoms with van der Waals surface area (Å²) in [5.41, 5.74) is 0.0185. The SMILES string of the molecule is O=C([O-])Cc1ccccc1S(=O)(=O)O.O=C([O-])Cc1ccccc1S(=O)(=O)O.[Na+].[Na+]. The van der Waals surface area contributed by atoms with Gasteiger partial charge in [0.15, 0.2) is 0 Å². The standard InChI is InChI=1S/2C8H8O5S.2Na/c2*9-8(10)5-6-3-1-2-4-7(6)14(11,12)13;;/h2*1-4H,5H2,(H,9,10)(H,11,12,13);;/q;;2*+1/p-2. The predicted molar refractivity (Wildman–Crippen MR) is 89.9 cm³/mol. The molecule has 0 unspecified atom stereocenters. The van der Waals surface area contributed by atoms with Gasteiger partial charge in [0.1, 0.15) is 0 Å². The zero-order valence-electron chi connectivity index (χ0n) is 16.0. The normalized spacial score (nSPS) is 10.5. The third kappa shape index (κ3) is 11.0. The maximum absolute atomic E-state index is 10.8. The Morgan fingerprint density at radius 3 is 1.17 bits per heavy atom. The van der Waals surface area contributed by atoms with Crippen LogP contribution in [0.2, 0.25) is 0 Å². The number of rotatable bonds is 6. The van der Waals surface area contributed by atoms with E-state index in [1.807, 2.05) is 0 Å². The molecule has 0 aliphatic rings. The molecule has 0 saturated carbocycles. The van der Waals surface area contributed by atoms with Crippen molar-refractivity contribution in [3.63, 3.8) is 0 Å². The minimum atomic E-state index is -4.37. The van der Waals surface area contributed by atoms with Gasteiger partial charge < -0.3 is 19.8 Å². The van der Waals surface area contributed by atoms with Crippen LogP contribution in [0.25, 0.3) is 0 Å². The fourth-order valence-electron chi connectivity index (χ4n) is 2.11. The Hall–Kier alpha value is -0.800. The maximum Gasteiger partial charge on any atom is 1.00 e. The second kappa shape index (κ2) is 13.6. The second-order valence-corrected chi connectivity index (χ2v) is 8.04. The maximum atomic E-state index is 10.8. The number of carbonyl (C=O) groups excluding carboxylic acids is 2. The third-order valence-electron chi connectivity index (χ3n) is 3.17. The van der Waals surface area contributed by atoms with Gasteiger partial charge >= 0.3 is 59.1 Å². The molecule has 0 aliphatic heterocycles. The van der Waals surface area contributed by atoms with Crippen molar-refractivity contribution in [3.8, 4) is 0 Å². The molecule has 2 rings (SSSR count). The van der Waals surface area contributed by atoms with E-state index in [2.05, 4.69) is 0 Å². The van der Waals surface area contributed by atoms with E-state index < -0.39 is 54.8 Å². The van der Waals surface area contributed by atoms with Crippen LogP contribution >= 0.6 is 0 Å². The van der Waals surface area contributed by atoms with Crippen molar-refractivity contribution < 1.29 is 105 Å². The van der Waals surface area contributed by atoms with Crippen LogP contribution in [0.4, 0.5) is 0 Å². The molecule has 0 saturated heterocycles. The van der Waals surface area contributed by atoms with Gasteiger partial charge in [-0.2, -0.15) is 16.8 Å². The number of benzene rings is 2. The van der Waals surface area contributed by atoms with Crippen molar-refractivity contribution in [2.75, 3.05) is 0 Å². The minimum absolute atomic E-state index is 0. The van der Waals surface area contributed by atoms with Crippen molar-refractivity contribution in [2.24, 2.45) is 0 Å². The van der Waals surface area contributed by atoms with Gasteiger partial charge in [-0.15, -0.1) is 0 Å². The molecule has 152 valence electrons. The minimum Gasteiger partial charge on any atom is -0.550 e. The largest absolute Gasteiger partial charge is 1.00 e. The van der Waals surface area contributed by atoms with Gasteiger partial charge in [-0.05, 0) is 23.3 Å². The molecule has 2 N–H and O–H groups in total. The van der Waals surface area contributed by atoms with Crippen LogP contribution in [-0.2, 0) is 42.7 Å². The smallest absolute Gasteiger partial charge is 0.550 e. The Morgan fingerprint density at radius 2 is 0.933 bits per heavy atom. The Labute approximate surface area is 217 Å². The molecule has 14 heteroatoms. The quantitative estimate of drug-likeness (QED) is 0.299. The van der Waals surface area contributed by atoms with Crippen molar-refractivity contribution in [3.05, 3.63) is 59.7 Å². The predicted octanol–water partition coefficient (Wildman–Crippen LogP) is -7.54. The summed E-state index contributed by atoms with van der Waals surface area (Å²) in [6.07, 6.45) is -1.09. The molecule has 0 atom stereocenters. The molecule has 2 aromatic carbocycles. The van der Waals surface area contributed by atoms with Gasteiger partial charge in [-0.1, -0.05) is 36.4 Å². The summed E-state index contributed by atoms with van der Waals surface area (Å²) in [7, 11) is -8.74. The molecule has 2 aromatic rings. The Morgan fingerprint density at radius 1 is 0.667 bits per heavy atom. The van der Waals surface area contributed by atoms with Crippen LogP contribution in [0.15, 0.2) is 58.3 Å². The first kappa shape index (κ1) is 31.4. The van der Waals surface area contributed by atoms with Crippen LogP contribution < -0.4 is 69.3 Å². The average Bonchev–Trinajstić information content (AvgIpc) is 2.53. The topological polar surface area (TPSA) is 189 Å². The first-order valence-electron chi connectivity index (χ1n) is 7.33. The summed E-state index contributed by atoms with van der Waals surface area (Å²) in [5, 5.41) is 20.5. The van der Waals surface area contributed by atoms with E-state index in [0.717, 1.165) is 12.1 Å². The zero-order chi connectivity index (χ0) is 21.5. The van der Waals surface area contributed by atoms with Crippen LogP contribution in [0, 0.1) is 0 Å². The summed E-state index contributed by atoms with van der Waals surface area (Å²) >= 11 is 0. The monoisotopic (exact) mass is 476 g/mol. The number of hydrogen-bond acceptors (Lipinski definition) is 8. The van der Waals surface area contributed by atoms with E-state index in [1.54, 1.807) is 0 Å². The number of carbonyl (C=O) groups is 2. The molecule has 0 spiro atoms. The molecule has 0 amide bonds. The molecule has 0 aliphatic carbocycles. The Kier molecular flexibility index (Phi) is 14.2. The number of aliphatic carboxylic acids is 2. The van der Waals surface area contributed by atoms with Crippen LogP contribution in [0.3, 0.4) is 0 Å². The molecular weight excluding hydrogens is 462 g/mol. The van der Waals surface area contributed by atoms with Crippen molar-refractivity contribution in [1.82, 2.24) is 0 Å². The summed E-state index contributed by atoms with van der Waals surface area (Å²) in [5.74, 6) is -2.80. The average molecular weight is 476 g/mol. The van der Waals surface area contributed by atoms with Gasteiger partial charge in [0.05, 0.1) is 9.79 Å². The van der Waals surface area contributed by atoms with E-state index in [1.165, 1.54) is 36.4 Å². The first-order chi connectivity index (χ1) is 12.8. The summed E-state index contributed by atoms with van der Waals surface area (Å²) in [4.78, 5) is 19.7. The molecular formula is C16H14Na2O10S2. The van der Waals surface area contributed by atoms with Gasteiger partial charge in [-0.3, -0.25) is 9.11 Å². The fourth-order valence-corrected chi connectivity index (χ4v) is 3.56. The van der Waals surface area contributed by atoms with Crippen LogP contribution in [0.1, 0.15) is 11.1 Å². The number of carboxylic acid groups (broad SMARTS) is 2. The molecule has 0 fully saturated rings. The van der Waals surface area contributed by atoms with Crippen molar-refractivity contribution in [2.45, 2.75) is 22.6 Å². The third-order valence-corrected chi connectivity index (χ3v) is 5.08. The number of carboxylic acids is 2. The molecule has 0 radical (unpaired) electrons. The van der Waals surface area contributed by atoms with Crippen LogP contribution in [0.5, 0.6) is 0 Å². The van der Waals surface area contributed by atoms with E-state index in [4.69, 9.17) is 9.11 Å². The summed E-state index contributed by atoms with van der Waals surface area (Å²) in [6, 6.07) is 10.6. The van der Waals surface area contributed by atoms with Crippen LogP contribution in [-0.4, -0.2) is 37.9 Å². The van der Waals surface area contributed by atoms with Gasteiger partial charge in [0.2, 0.25) is 0 Å². The van der Waals surface area contributed by atoms with E-state index in [9.17, 15) is 36.6 Å². The van der Waals surface area contributed by atoms with Gasteiger partial charge in [0.25, 0.3) is 20.2 Å². The van der Waals surface area contributed by atoms with Crippen molar-refractivity contribution in [1.29, 1.82) is 0 Å². The summed E-state index contributed by atoms with van der Waals surface area (Å²) in [6.45, 7) is 0. The molecule has 30 heavy (non-hydrogen) atoms. The fraction of sp³-hybridized carbons (Fsp3) is 0.125. The van der Waals surface area contributed by atoms with Crippen molar-refractivity contribution >= 4 is 32.2 Å². The summed E-state index contributed by atoms with van der Waals surface area (Å²) < 4.78 is 60.6. The second-order valence-electron chi connectivity index (χ2n) is 5.26. The molecule has 10 nitrogen and oxygen atoms in total. The Bertz CT molecular complexity index is 995. The van der Waals surface area contributed by atoms with E-state index >= 15 is 0 Å². The van der Waals surface area contributed by atoms with E-state index in [-0.39, 0.29) is 70.2 Å². The van der Waals surface area contributed by atoms with Gasteiger partial charge in [-0.25, -0.2) is 0 Å². The van der Waals surface area contributed by atoms with E-state index in [0.29, 0.717) is 0 Å².